The Labute approximate surface area is 108 Å². The molecule has 0 radical (unpaired) electrons. The number of nitro groups is 1. The smallest absolute Gasteiger partial charge is 0.285 e. The van der Waals surface area contributed by atoms with Crippen LogP contribution in [-0.4, -0.2) is 28.8 Å². The van der Waals surface area contributed by atoms with Crippen LogP contribution in [0.25, 0.3) is 0 Å². The van der Waals surface area contributed by atoms with E-state index in [9.17, 15) is 19.3 Å². The third-order valence-electron chi connectivity index (χ3n) is 3.08. The van der Waals surface area contributed by atoms with Crippen LogP contribution in [0.2, 0.25) is 0 Å². The molecule has 1 aromatic rings. The van der Waals surface area contributed by atoms with Crippen molar-refractivity contribution < 1.29 is 14.1 Å². The van der Waals surface area contributed by atoms with Gasteiger partial charge in [-0.1, -0.05) is 0 Å². The summed E-state index contributed by atoms with van der Waals surface area (Å²) in [7, 11) is 1.57. The van der Waals surface area contributed by atoms with Gasteiger partial charge in [0.25, 0.3) is 11.6 Å². The molecular weight excluding hydrogens is 255 g/mol. The maximum absolute atomic E-state index is 13.5. The summed E-state index contributed by atoms with van der Waals surface area (Å²) in [6, 6.07) is 1.86. The first-order chi connectivity index (χ1) is 8.95. The van der Waals surface area contributed by atoms with Gasteiger partial charge in [-0.15, -0.1) is 0 Å². The van der Waals surface area contributed by atoms with Gasteiger partial charge >= 0.3 is 0 Å². The molecule has 1 aliphatic carbocycles. The van der Waals surface area contributed by atoms with Crippen molar-refractivity contribution in [3.05, 3.63) is 33.6 Å². The highest BCUT2D eigenvalue weighted by molar-refractivity contribution is 5.99. The molecule has 102 valence electrons. The minimum atomic E-state index is -0.875. The van der Waals surface area contributed by atoms with Crippen molar-refractivity contribution in [3.8, 4) is 0 Å². The van der Waals surface area contributed by atoms with Gasteiger partial charge in [0.2, 0.25) is 0 Å². The molecule has 1 saturated carbocycles. The predicted molar refractivity (Wildman–Crippen MR) is 66.0 cm³/mol. The molecule has 1 aliphatic rings. The second-order valence-electron chi connectivity index (χ2n) is 4.40. The third kappa shape index (κ3) is 2.48. The van der Waals surface area contributed by atoms with Gasteiger partial charge in [0.1, 0.15) is 5.56 Å². The zero-order chi connectivity index (χ0) is 14.2. The van der Waals surface area contributed by atoms with Crippen molar-refractivity contribution in [2.75, 3.05) is 12.5 Å². The fourth-order valence-electron chi connectivity index (χ4n) is 1.81. The first-order valence-electron chi connectivity index (χ1n) is 5.67. The molecule has 7 nitrogen and oxygen atoms in total. The Kier molecular flexibility index (Phi) is 3.34. The molecule has 0 heterocycles. The lowest BCUT2D eigenvalue weighted by atomic mass is 10.1. The number of halogens is 1. The van der Waals surface area contributed by atoms with Crippen LogP contribution in [0.4, 0.5) is 15.8 Å². The number of nitro benzene ring substituents is 1. The number of anilines is 1. The van der Waals surface area contributed by atoms with Gasteiger partial charge in [0.05, 0.1) is 16.7 Å². The van der Waals surface area contributed by atoms with E-state index in [4.69, 9.17) is 5.84 Å². The molecule has 0 saturated heterocycles. The van der Waals surface area contributed by atoms with Gasteiger partial charge in [-0.25, -0.2) is 4.39 Å². The molecule has 0 bridgehead atoms. The minimum Gasteiger partial charge on any atom is -0.339 e. The molecule has 0 spiro atoms. The van der Waals surface area contributed by atoms with Crippen molar-refractivity contribution in [1.82, 2.24) is 4.90 Å². The topological polar surface area (TPSA) is 102 Å². The van der Waals surface area contributed by atoms with E-state index in [1.807, 2.05) is 0 Å². The van der Waals surface area contributed by atoms with Crippen LogP contribution < -0.4 is 11.3 Å². The molecule has 0 aromatic heterocycles. The number of hydrogen-bond acceptors (Lipinski definition) is 5. The van der Waals surface area contributed by atoms with E-state index in [0.717, 1.165) is 18.9 Å². The second kappa shape index (κ2) is 4.81. The minimum absolute atomic E-state index is 0.103. The molecule has 1 aromatic carbocycles. The Balaban J connectivity index is 2.46. The summed E-state index contributed by atoms with van der Waals surface area (Å²) >= 11 is 0. The van der Waals surface area contributed by atoms with Crippen molar-refractivity contribution in [2.24, 2.45) is 5.84 Å². The van der Waals surface area contributed by atoms with Crippen molar-refractivity contribution in [1.29, 1.82) is 0 Å². The maximum Gasteiger partial charge on any atom is 0.285 e. The Morgan fingerprint density at radius 2 is 2.21 bits per heavy atom. The molecule has 8 heteroatoms. The highest BCUT2D eigenvalue weighted by Crippen LogP contribution is 2.31. The van der Waals surface area contributed by atoms with Crippen LogP contribution in [0.3, 0.4) is 0 Å². The number of carbonyl (C=O) groups is 1. The molecule has 3 N–H and O–H groups in total. The molecule has 19 heavy (non-hydrogen) atoms. The van der Waals surface area contributed by atoms with Crippen molar-refractivity contribution in [3.63, 3.8) is 0 Å². The number of carbonyl (C=O) groups excluding carboxylic acids is 1. The summed E-state index contributed by atoms with van der Waals surface area (Å²) in [6.45, 7) is 0. The monoisotopic (exact) mass is 268 g/mol. The van der Waals surface area contributed by atoms with Crippen LogP contribution in [0.15, 0.2) is 12.1 Å². The number of hydrazine groups is 1. The lowest BCUT2D eigenvalue weighted by Crippen LogP contribution is -2.29. The SMILES string of the molecule is CN(C(=O)c1cc(NN)c(F)cc1[N+](=O)[O-])C1CC1. The normalized spacial score (nSPS) is 14.1. The average Bonchev–Trinajstić information content (AvgIpc) is 3.20. The first-order valence-corrected chi connectivity index (χ1v) is 5.67. The Hall–Kier alpha value is -2.22. The quantitative estimate of drug-likeness (QED) is 0.486. The number of nitrogens with two attached hydrogens (primary N) is 1. The van der Waals surface area contributed by atoms with E-state index >= 15 is 0 Å². The third-order valence-corrected chi connectivity index (χ3v) is 3.08. The number of benzene rings is 1. The zero-order valence-electron chi connectivity index (χ0n) is 10.2. The van der Waals surface area contributed by atoms with E-state index in [0.29, 0.717) is 6.07 Å². The first kappa shape index (κ1) is 13.2. The van der Waals surface area contributed by atoms with E-state index < -0.39 is 22.3 Å². The molecule has 0 unspecified atom stereocenters. The largest absolute Gasteiger partial charge is 0.339 e. The highest BCUT2D eigenvalue weighted by Gasteiger charge is 2.33. The zero-order valence-corrected chi connectivity index (χ0v) is 10.2. The van der Waals surface area contributed by atoms with Gasteiger partial charge in [-0.2, -0.15) is 0 Å². The van der Waals surface area contributed by atoms with Crippen LogP contribution in [-0.2, 0) is 0 Å². The molecular formula is C11H13FN4O3. The molecule has 1 fully saturated rings. The summed E-state index contributed by atoms with van der Waals surface area (Å²) < 4.78 is 13.5. The summed E-state index contributed by atoms with van der Waals surface area (Å²) in [6.07, 6.45) is 1.75. The number of nitrogens with one attached hydrogen (secondary N) is 1. The number of nitrogens with zero attached hydrogens (tertiary/aromatic N) is 2. The maximum atomic E-state index is 13.5. The molecule has 2 rings (SSSR count). The average molecular weight is 268 g/mol. The Morgan fingerprint density at radius 1 is 1.58 bits per heavy atom. The predicted octanol–water partition coefficient (Wildman–Crippen LogP) is 1.25. The molecule has 0 atom stereocenters. The van der Waals surface area contributed by atoms with Gasteiger partial charge in [-0.3, -0.25) is 20.8 Å². The second-order valence-corrected chi connectivity index (χ2v) is 4.40. The van der Waals surface area contributed by atoms with E-state index in [2.05, 4.69) is 5.43 Å². The van der Waals surface area contributed by atoms with Crippen LogP contribution >= 0.6 is 0 Å². The summed E-state index contributed by atoms with van der Waals surface area (Å²) in [5.74, 6) is 3.73. The van der Waals surface area contributed by atoms with Crippen molar-refractivity contribution >= 4 is 17.3 Å². The Morgan fingerprint density at radius 3 is 2.68 bits per heavy atom. The lowest BCUT2D eigenvalue weighted by Gasteiger charge is -2.16. The standard InChI is InChI=1S/C11H13FN4O3/c1-15(6-2-3-6)11(17)7-4-9(14-13)8(12)5-10(7)16(18)19/h4-6,14H,2-3,13H2,1H3. The van der Waals surface area contributed by atoms with Crippen LogP contribution in [0, 0.1) is 15.9 Å². The molecule has 0 aliphatic heterocycles. The van der Waals surface area contributed by atoms with Gasteiger partial charge in [0.15, 0.2) is 5.82 Å². The number of amides is 1. The number of hydrogen-bond donors (Lipinski definition) is 2. The van der Waals surface area contributed by atoms with Gasteiger partial charge in [-0.05, 0) is 18.9 Å². The van der Waals surface area contributed by atoms with E-state index in [-0.39, 0.29) is 17.3 Å². The fourth-order valence-corrected chi connectivity index (χ4v) is 1.81. The fraction of sp³-hybridized carbons (Fsp3) is 0.364. The molecule has 1 amide bonds. The highest BCUT2D eigenvalue weighted by atomic mass is 19.1. The van der Waals surface area contributed by atoms with E-state index in [1.165, 1.54) is 4.90 Å². The number of nitrogen functional groups attached to an aromatic ring is 1. The van der Waals surface area contributed by atoms with Gasteiger partial charge in [0, 0.05) is 13.1 Å². The van der Waals surface area contributed by atoms with Crippen LogP contribution in [0.1, 0.15) is 23.2 Å². The summed E-state index contributed by atoms with van der Waals surface area (Å²) in [4.78, 5) is 23.7. The van der Waals surface area contributed by atoms with Crippen molar-refractivity contribution in [2.45, 2.75) is 18.9 Å². The summed E-state index contributed by atoms with van der Waals surface area (Å²) in [5.41, 5.74) is 1.18. The number of rotatable bonds is 4. The van der Waals surface area contributed by atoms with E-state index in [1.54, 1.807) is 7.05 Å². The van der Waals surface area contributed by atoms with Gasteiger partial charge < -0.3 is 10.3 Å². The lowest BCUT2D eigenvalue weighted by molar-refractivity contribution is -0.385. The van der Waals surface area contributed by atoms with Crippen LogP contribution in [0.5, 0.6) is 0 Å². The summed E-state index contributed by atoms with van der Waals surface area (Å²) in [5, 5.41) is 10.9. The Bertz CT molecular complexity index is 545.